The standard InChI is InChI=1S/C24H26N4O/c29-24(25-19-11-13-20(14-12-19)27-15-5-2-6-16-27)23-17-22(18-9-10-18)26-28(23)21-7-3-1-4-8-21/h1,3-4,7-8,11-14,17-18H,2,5-6,9-10,15-16H2,(H,25,29). The third kappa shape index (κ3) is 3.90. The number of amides is 1. The van der Waals surface area contributed by atoms with Crippen molar-refractivity contribution >= 4 is 17.3 Å². The monoisotopic (exact) mass is 386 g/mol. The highest BCUT2D eigenvalue weighted by atomic mass is 16.2. The summed E-state index contributed by atoms with van der Waals surface area (Å²) in [5, 5.41) is 7.78. The molecule has 5 nitrogen and oxygen atoms in total. The molecule has 148 valence electrons. The van der Waals surface area contributed by atoms with Gasteiger partial charge in [-0.3, -0.25) is 4.79 Å². The summed E-state index contributed by atoms with van der Waals surface area (Å²) in [6, 6.07) is 20.0. The van der Waals surface area contributed by atoms with E-state index >= 15 is 0 Å². The second-order valence-corrected chi connectivity index (χ2v) is 8.02. The zero-order valence-corrected chi connectivity index (χ0v) is 16.6. The van der Waals surface area contributed by atoms with Gasteiger partial charge in [0.2, 0.25) is 0 Å². The number of nitrogens with zero attached hydrogens (tertiary/aromatic N) is 3. The average molecular weight is 386 g/mol. The largest absolute Gasteiger partial charge is 0.372 e. The highest BCUT2D eigenvalue weighted by molar-refractivity contribution is 6.03. The summed E-state index contributed by atoms with van der Waals surface area (Å²) in [7, 11) is 0. The highest BCUT2D eigenvalue weighted by Gasteiger charge is 2.29. The van der Waals surface area contributed by atoms with E-state index in [2.05, 4.69) is 22.3 Å². The molecule has 5 rings (SSSR count). The van der Waals surface area contributed by atoms with Crippen molar-refractivity contribution < 1.29 is 4.79 Å². The Balaban J connectivity index is 1.36. The van der Waals surface area contributed by atoms with Crippen molar-refractivity contribution in [1.82, 2.24) is 9.78 Å². The van der Waals surface area contributed by atoms with Crippen LogP contribution < -0.4 is 10.2 Å². The van der Waals surface area contributed by atoms with Crippen molar-refractivity contribution in [1.29, 1.82) is 0 Å². The van der Waals surface area contributed by atoms with E-state index in [4.69, 9.17) is 5.10 Å². The van der Waals surface area contributed by atoms with Crippen molar-refractivity contribution in [2.45, 2.75) is 38.0 Å². The van der Waals surface area contributed by atoms with E-state index in [1.807, 2.05) is 48.5 Å². The number of rotatable bonds is 5. The van der Waals surface area contributed by atoms with Gasteiger partial charge in [-0.15, -0.1) is 0 Å². The van der Waals surface area contributed by atoms with Crippen LogP contribution in [0.15, 0.2) is 60.7 Å². The third-order valence-corrected chi connectivity index (χ3v) is 5.80. The number of piperidine rings is 1. The molecule has 1 saturated carbocycles. The number of hydrogen-bond acceptors (Lipinski definition) is 3. The van der Waals surface area contributed by atoms with Gasteiger partial charge in [0.25, 0.3) is 5.91 Å². The normalized spacial score (nSPS) is 16.6. The fourth-order valence-electron chi connectivity index (χ4n) is 4.01. The Labute approximate surface area is 171 Å². The number of carbonyl (C=O) groups excluding carboxylic acids is 1. The summed E-state index contributed by atoms with van der Waals surface area (Å²) in [4.78, 5) is 15.5. The van der Waals surface area contributed by atoms with Crippen LogP contribution in [0.3, 0.4) is 0 Å². The SMILES string of the molecule is O=C(Nc1ccc(N2CCCCC2)cc1)c1cc(C2CC2)nn1-c1ccccc1. The molecule has 1 aliphatic carbocycles. The van der Waals surface area contributed by atoms with E-state index in [0.29, 0.717) is 11.6 Å². The lowest BCUT2D eigenvalue weighted by atomic mass is 10.1. The average Bonchev–Trinajstić information content (AvgIpc) is 3.53. The maximum atomic E-state index is 13.1. The fraction of sp³-hybridized carbons (Fsp3) is 0.333. The molecule has 0 atom stereocenters. The first kappa shape index (κ1) is 18.0. The minimum atomic E-state index is -0.126. The van der Waals surface area contributed by atoms with Gasteiger partial charge in [0.15, 0.2) is 0 Å². The molecule has 2 fully saturated rings. The van der Waals surface area contributed by atoms with Gasteiger partial charge in [0, 0.05) is 30.4 Å². The van der Waals surface area contributed by atoms with Crippen LogP contribution >= 0.6 is 0 Å². The molecule has 1 aliphatic heterocycles. The van der Waals surface area contributed by atoms with Crippen LogP contribution in [-0.4, -0.2) is 28.8 Å². The number of hydrogen-bond donors (Lipinski definition) is 1. The smallest absolute Gasteiger partial charge is 0.274 e. The summed E-state index contributed by atoms with van der Waals surface area (Å²) in [6.07, 6.45) is 6.15. The molecule has 2 heterocycles. The zero-order valence-electron chi connectivity index (χ0n) is 16.6. The van der Waals surface area contributed by atoms with E-state index in [0.717, 1.165) is 43.0 Å². The summed E-state index contributed by atoms with van der Waals surface area (Å²) in [5.41, 5.74) is 4.54. The van der Waals surface area contributed by atoms with Gasteiger partial charge in [-0.25, -0.2) is 4.68 Å². The number of carbonyl (C=O) groups is 1. The van der Waals surface area contributed by atoms with E-state index in [9.17, 15) is 4.79 Å². The first-order chi connectivity index (χ1) is 14.3. The summed E-state index contributed by atoms with van der Waals surface area (Å²) in [5.74, 6) is 0.370. The molecule has 1 amide bonds. The maximum absolute atomic E-state index is 13.1. The topological polar surface area (TPSA) is 50.2 Å². The fourth-order valence-corrected chi connectivity index (χ4v) is 4.01. The molecular formula is C24H26N4O. The number of anilines is 2. The van der Waals surface area contributed by atoms with Crippen LogP contribution in [-0.2, 0) is 0 Å². The molecule has 0 radical (unpaired) electrons. The van der Waals surface area contributed by atoms with Gasteiger partial charge in [0.05, 0.1) is 11.4 Å². The van der Waals surface area contributed by atoms with Gasteiger partial charge in [0.1, 0.15) is 5.69 Å². The maximum Gasteiger partial charge on any atom is 0.274 e. The molecule has 1 aromatic heterocycles. The second kappa shape index (κ2) is 7.74. The highest BCUT2D eigenvalue weighted by Crippen LogP contribution is 2.39. The summed E-state index contributed by atoms with van der Waals surface area (Å²) < 4.78 is 1.77. The first-order valence-corrected chi connectivity index (χ1v) is 10.6. The molecular weight excluding hydrogens is 360 g/mol. The van der Waals surface area contributed by atoms with Gasteiger partial charge >= 0.3 is 0 Å². The van der Waals surface area contributed by atoms with E-state index in [1.165, 1.54) is 24.9 Å². The zero-order chi connectivity index (χ0) is 19.6. The van der Waals surface area contributed by atoms with Crippen LogP contribution in [0.2, 0.25) is 0 Å². The number of nitrogens with one attached hydrogen (secondary N) is 1. The van der Waals surface area contributed by atoms with Crippen LogP contribution in [0.5, 0.6) is 0 Å². The second-order valence-electron chi connectivity index (χ2n) is 8.02. The number of aromatic nitrogens is 2. The first-order valence-electron chi connectivity index (χ1n) is 10.6. The minimum Gasteiger partial charge on any atom is -0.372 e. The van der Waals surface area contributed by atoms with Crippen molar-refractivity contribution in [3.05, 3.63) is 72.1 Å². The molecule has 2 aromatic carbocycles. The summed E-state index contributed by atoms with van der Waals surface area (Å²) >= 11 is 0. The minimum absolute atomic E-state index is 0.126. The molecule has 29 heavy (non-hydrogen) atoms. The Kier molecular flexibility index (Phi) is 4.80. The molecule has 0 bridgehead atoms. The molecule has 3 aromatic rings. The predicted octanol–water partition coefficient (Wildman–Crippen LogP) is 4.99. The van der Waals surface area contributed by atoms with Gasteiger partial charge in [-0.1, -0.05) is 18.2 Å². The van der Waals surface area contributed by atoms with E-state index in [1.54, 1.807) is 4.68 Å². The lowest BCUT2D eigenvalue weighted by Crippen LogP contribution is -2.29. The van der Waals surface area contributed by atoms with Crippen LogP contribution in [0.1, 0.15) is 54.2 Å². The molecule has 2 aliphatic rings. The Morgan fingerprint density at radius 3 is 2.31 bits per heavy atom. The molecule has 1 N–H and O–H groups in total. The number of para-hydroxylation sites is 1. The van der Waals surface area contributed by atoms with Gasteiger partial charge in [-0.05, 0) is 74.6 Å². The Hall–Kier alpha value is -3.08. The van der Waals surface area contributed by atoms with Crippen LogP contribution in [0, 0.1) is 0 Å². The Bertz CT molecular complexity index is 983. The van der Waals surface area contributed by atoms with E-state index < -0.39 is 0 Å². The van der Waals surface area contributed by atoms with Crippen molar-refractivity contribution in [2.75, 3.05) is 23.3 Å². The molecule has 0 unspecified atom stereocenters. The van der Waals surface area contributed by atoms with Gasteiger partial charge < -0.3 is 10.2 Å². The lowest BCUT2D eigenvalue weighted by molar-refractivity contribution is 0.101. The van der Waals surface area contributed by atoms with Crippen molar-refractivity contribution in [3.63, 3.8) is 0 Å². The lowest BCUT2D eigenvalue weighted by Gasteiger charge is -2.28. The Morgan fingerprint density at radius 2 is 1.62 bits per heavy atom. The van der Waals surface area contributed by atoms with Crippen molar-refractivity contribution in [3.8, 4) is 5.69 Å². The van der Waals surface area contributed by atoms with Gasteiger partial charge in [-0.2, -0.15) is 5.10 Å². The van der Waals surface area contributed by atoms with Crippen molar-refractivity contribution in [2.24, 2.45) is 0 Å². The summed E-state index contributed by atoms with van der Waals surface area (Å²) in [6.45, 7) is 2.23. The molecule has 0 spiro atoms. The molecule has 5 heteroatoms. The predicted molar refractivity (Wildman–Crippen MR) is 116 cm³/mol. The molecule has 1 saturated heterocycles. The Morgan fingerprint density at radius 1 is 0.897 bits per heavy atom. The van der Waals surface area contributed by atoms with Crippen LogP contribution in [0.4, 0.5) is 11.4 Å². The number of benzene rings is 2. The van der Waals surface area contributed by atoms with E-state index in [-0.39, 0.29) is 5.91 Å². The third-order valence-electron chi connectivity index (χ3n) is 5.80. The quantitative estimate of drug-likeness (QED) is 0.672. The van der Waals surface area contributed by atoms with Crippen LogP contribution in [0.25, 0.3) is 5.69 Å².